The topological polar surface area (TPSA) is 88.2 Å². The van der Waals surface area contributed by atoms with Crippen LogP contribution < -0.4 is 10.6 Å². The first kappa shape index (κ1) is 15.2. The van der Waals surface area contributed by atoms with E-state index in [0.29, 0.717) is 19.4 Å². The average Bonchev–Trinajstić information content (AvgIpc) is 2.65. The SMILES string of the molecule is Cc1nc(CNC(=O)NC2CCCS(=O)(=O)C2)sc1C. The molecule has 1 aromatic rings. The van der Waals surface area contributed by atoms with Gasteiger partial charge in [0.15, 0.2) is 9.84 Å². The Bertz CT molecular complexity index is 576. The lowest BCUT2D eigenvalue weighted by molar-refractivity contribution is 0.236. The van der Waals surface area contributed by atoms with Crippen molar-refractivity contribution >= 4 is 27.2 Å². The van der Waals surface area contributed by atoms with E-state index in [0.717, 1.165) is 15.6 Å². The van der Waals surface area contributed by atoms with E-state index in [-0.39, 0.29) is 23.6 Å². The summed E-state index contributed by atoms with van der Waals surface area (Å²) in [5.41, 5.74) is 0.977. The summed E-state index contributed by atoms with van der Waals surface area (Å²) in [7, 11) is -3.00. The van der Waals surface area contributed by atoms with Gasteiger partial charge in [0.2, 0.25) is 0 Å². The molecule has 2 amide bonds. The smallest absolute Gasteiger partial charge is 0.315 e. The van der Waals surface area contributed by atoms with Crippen molar-refractivity contribution in [3.63, 3.8) is 0 Å². The maximum Gasteiger partial charge on any atom is 0.315 e. The van der Waals surface area contributed by atoms with Crippen LogP contribution in [0.15, 0.2) is 0 Å². The van der Waals surface area contributed by atoms with Gasteiger partial charge in [-0.1, -0.05) is 0 Å². The summed E-state index contributed by atoms with van der Waals surface area (Å²) >= 11 is 1.55. The summed E-state index contributed by atoms with van der Waals surface area (Å²) in [5, 5.41) is 6.28. The largest absolute Gasteiger partial charge is 0.334 e. The number of hydrogen-bond acceptors (Lipinski definition) is 5. The number of sulfone groups is 1. The highest BCUT2D eigenvalue weighted by Crippen LogP contribution is 2.16. The fraction of sp³-hybridized carbons (Fsp3) is 0.667. The van der Waals surface area contributed by atoms with Gasteiger partial charge in [-0.15, -0.1) is 11.3 Å². The van der Waals surface area contributed by atoms with Gasteiger partial charge in [-0.3, -0.25) is 0 Å². The van der Waals surface area contributed by atoms with Gasteiger partial charge in [-0.05, 0) is 26.7 Å². The van der Waals surface area contributed by atoms with Crippen molar-refractivity contribution in [3.8, 4) is 0 Å². The number of amides is 2. The zero-order valence-corrected chi connectivity index (χ0v) is 13.2. The third-order valence-electron chi connectivity index (χ3n) is 3.27. The molecule has 0 spiro atoms. The highest BCUT2D eigenvalue weighted by atomic mass is 32.2. The average molecular weight is 317 g/mol. The number of urea groups is 1. The monoisotopic (exact) mass is 317 g/mol. The van der Waals surface area contributed by atoms with E-state index in [9.17, 15) is 13.2 Å². The fourth-order valence-corrected chi connectivity index (χ4v) is 4.65. The Labute approximate surface area is 122 Å². The molecule has 1 aliphatic heterocycles. The van der Waals surface area contributed by atoms with Crippen LogP contribution in [0.5, 0.6) is 0 Å². The number of aryl methyl sites for hydroxylation is 2. The molecule has 0 saturated carbocycles. The van der Waals surface area contributed by atoms with Crippen molar-refractivity contribution in [1.82, 2.24) is 15.6 Å². The second-order valence-corrected chi connectivity index (χ2v) is 8.55. The predicted octanol–water partition coefficient (Wildman–Crippen LogP) is 1.14. The van der Waals surface area contributed by atoms with Gasteiger partial charge in [0.1, 0.15) is 5.01 Å². The number of hydrogen-bond donors (Lipinski definition) is 2. The molecule has 1 aromatic heterocycles. The standard InChI is InChI=1S/C12H19N3O3S2/c1-8-9(2)19-11(14-8)6-13-12(16)15-10-4-3-5-20(17,18)7-10/h10H,3-7H2,1-2H3,(H2,13,15,16). The molecule has 8 heteroatoms. The second-order valence-electron chi connectivity index (χ2n) is 5.03. The lowest BCUT2D eigenvalue weighted by Crippen LogP contribution is -2.47. The van der Waals surface area contributed by atoms with Crippen LogP contribution in [0, 0.1) is 13.8 Å². The van der Waals surface area contributed by atoms with Crippen molar-refractivity contribution in [2.45, 2.75) is 39.3 Å². The molecule has 2 heterocycles. The molecule has 112 valence electrons. The van der Waals surface area contributed by atoms with Crippen molar-refractivity contribution in [3.05, 3.63) is 15.6 Å². The van der Waals surface area contributed by atoms with Crippen LogP contribution in [0.4, 0.5) is 4.79 Å². The molecule has 0 aliphatic carbocycles. The van der Waals surface area contributed by atoms with Gasteiger partial charge in [0.05, 0.1) is 23.7 Å². The maximum absolute atomic E-state index is 11.7. The number of rotatable bonds is 3. The number of carbonyl (C=O) groups is 1. The number of nitrogens with zero attached hydrogens (tertiary/aromatic N) is 1. The summed E-state index contributed by atoms with van der Waals surface area (Å²) in [6, 6.07) is -0.619. The van der Waals surface area contributed by atoms with Crippen LogP contribution >= 0.6 is 11.3 Å². The molecule has 2 rings (SSSR count). The lowest BCUT2D eigenvalue weighted by atomic mass is 10.2. The highest BCUT2D eigenvalue weighted by molar-refractivity contribution is 7.91. The van der Waals surface area contributed by atoms with Crippen LogP contribution in [0.3, 0.4) is 0 Å². The van der Waals surface area contributed by atoms with E-state index in [1.54, 1.807) is 11.3 Å². The number of aromatic nitrogens is 1. The highest BCUT2D eigenvalue weighted by Gasteiger charge is 2.25. The van der Waals surface area contributed by atoms with E-state index in [2.05, 4.69) is 15.6 Å². The van der Waals surface area contributed by atoms with Gasteiger partial charge < -0.3 is 10.6 Å². The summed E-state index contributed by atoms with van der Waals surface area (Å²) in [4.78, 5) is 17.2. The van der Waals surface area contributed by atoms with Crippen LogP contribution in [-0.4, -0.2) is 37.0 Å². The molecular formula is C12H19N3O3S2. The number of carbonyl (C=O) groups excluding carboxylic acids is 1. The second kappa shape index (κ2) is 6.09. The molecule has 20 heavy (non-hydrogen) atoms. The van der Waals surface area contributed by atoms with Gasteiger partial charge in [0, 0.05) is 10.9 Å². The van der Waals surface area contributed by atoms with Crippen LogP contribution in [0.2, 0.25) is 0 Å². The quantitative estimate of drug-likeness (QED) is 0.875. The van der Waals surface area contributed by atoms with Gasteiger partial charge in [0.25, 0.3) is 0 Å². The van der Waals surface area contributed by atoms with Crippen LogP contribution in [-0.2, 0) is 16.4 Å². The predicted molar refractivity (Wildman–Crippen MR) is 78.6 cm³/mol. The summed E-state index contributed by atoms with van der Waals surface area (Å²) in [6.07, 6.45) is 1.32. The molecular weight excluding hydrogens is 298 g/mol. The minimum absolute atomic E-state index is 0.0376. The van der Waals surface area contributed by atoms with E-state index in [1.807, 2.05) is 13.8 Å². The van der Waals surface area contributed by atoms with E-state index in [4.69, 9.17) is 0 Å². The fourth-order valence-electron chi connectivity index (χ4n) is 2.14. The van der Waals surface area contributed by atoms with E-state index >= 15 is 0 Å². The molecule has 1 unspecified atom stereocenters. The molecule has 0 bridgehead atoms. The Morgan fingerprint density at radius 2 is 2.20 bits per heavy atom. The minimum Gasteiger partial charge on any atom is -0.334 e. The number of thiazole rings is 1. The summed E-state index contributed by atoms with van der Waals surface area (Å²) in [5.74, 6) is 0.264. The van der Waals surface area contributed by atoms with Crippen molar-refractivity contribution in [2.24, 2.45) is 0 Å². The van der Waals surface area contributed by atoms with Crippen molar-refractivity contribution in [1.29, 1.82) is 0 Å². The molecule has 1 saturated heterocycles. The van der Waals surface area contributed by atoms with Gasteiger partial charge >= 0.3 is 6.03 Å². The Morgan fingerprint density at radius 3 is 2.80 bits per heavy atom. The molecule has 1 atom stereocenters. The van der Waals surface area contributed by atoms with E-state index < -0.39 is 9.84 Å². The third-order valence-corrected chi connectivity index (χ3v) is 6.17. The third kappa shape index (κ3) is 4.17. The minimum atomic E-state index is -3.00. The Morgan fingerprint density at radius 1 is 1.45 bits per heavy atom. The van der Waals surface area contributed by atoms with Gasteiger partial charge in [-0.2, -0.15) is 0 Å². The zero-order valence-electron chi connectivity index (χ0n) is 11.6. The van der Waals surface area contributed by atoms with Crippen molar-refractivity contribution < 1.29 is 13.2 Å². The summed E-state index contributed by atoms with van der Waals surface area (Å²) in [6.45, 7) is 4.29. The Hall–Kier alpha value is -1.15. The molecule has 6 nitrogen and oxygen atoms in total. The van der Waals surface area contributed by atoms with Crippen LogP contribution in [0.1, 0.15) is 28.4 Å². The first-order valence-electron chi connectivity index (χ1n) is 6.53. The molecule has 1 aliphatic rings. The normalized spacial score (nSPS) is 21.4. The summed E-state index contributed by atoms with van der Waals surface area (Å²) < 4.78 is 23.0. The maximum atomic E-state index is 11.7. The Kier molecular flexibility index (Phi) is 4.64. The molecule has 0 radical (unpaired) electrons. The first-order valence-corrected chi connectivity index (χ1v) is 9.17. The molecule has 0 aromatic carbocycles. The first-order chi connectivity index (χ1) is 9.35. The molecule has 2 N–H and O–H groups in total. The van der Waals surface area contributed by atoms with Crippen molar-refractivity contribution in [2.75, 3.05) is 11.5 Å². The lowest BCUT2D eigenvalue weighted by Gasteiger charge is -2.22. The zero-order chi connectivity index (χ0) is 14.8. The molecule has 1 fully saturated rings. The number of nitrogens with one attached hydrogen (secondary N) is 2. The van der Waals surface area contributed by atoms with Crippen LogP contribution in [0.25, 0.3) is 0 Å². The van der Waals surface area contributed by atoms with Gasteiger partial charge in [-0.25, -0.2) is 18.2 Å². The Balaban J connectivity index is 1.81. The van der Waals surface area contributed by atoms with E-state index in [1.165, 1.54) is 0 Å².